The lowest BCUT2D eigenvalue weighted by Gasteiger charge is -2.07. The van der Waals surface area contributed by atoms with Crippen LogP contribution in [0.4, 0.5) is 0 Å². The molecule has 0 unspecified atom stereocenters. The number of nitrogens with zero attached hydrogens (tertiary/aromatic N) is 1. The first-order valence-electron chi connectivity index (χ1n) is 9.33. The van der Waals surface area contributed by atoms with Crippen LogP contribution in [-0.2, 0) is 6.54 Å². The van der Waals surface area contributed by atoms with Gasteiger partial charge < -0.3 is 18.9 Å². The maximum atomic E-state index is 12.7. The molecule has 0 atom stereocenters. The third-order valence-electron chi connectivity index (χ3n) is 4.36. The Morgan fingerprint density at radius 2 is 1.90 bits per heavy atom. The van der Waals surface area contributed by atoms with Gasteiger partial charge in [0.05, 0.1) is 31.2 Å². The lowest BCUT2D eigenvalue weighted by Crippen LogP contribution is -2.23. The Kier molecular flexibility index (Phi) is 5.42. The number of aromatic nitrogens is 1. The van der Waals surface area contributed by atoms with Gasteiger partial charge >= 0.3 is 0 Å². The number of hydrogen-bond acceptors (Lipinski definition) is 5. The van der Waals surface area contributed by atoms with Crippen LogP contribution in [0, 0.1) is 0 Å². The van der Waals surface area contributed by atoms with E-state index in [2.05, 4.69) is 10.3 Å². The van der Waals surface area contributed by atoms with E-state index in [1.54, 1.807) is 24.6 Å². The van der Waals surface area contributed by atoms with Crippen LogP contribution in [-0.4, -0.2) is 17.5 Å². The molecule has 0 aliphatic rings. The smallest absolute Gasteiger partial charge is 0.252 e. The Bertz CT molecular complexity index is 1080. The van der Waals surface area contributed by atoms with Gasteiger partial charge in [-0.2, -0.15) is 0 Å². The molecule has 0 saturated heterocycles. The van der Waals surface area contributed by atoms with Gasteiger partial charge in [-0.05, 0) is 55.5 Å². The molecule has 0 spiro atoms. The van der Waals surface area contributed by atoms with Crippen LogP contribution < -0.4 is 10.1 Å². The molecule has 0 bridgehead atoms. The number of hydrogen-bond donors (Lipinski definition) is 1. The molecule has 0 radical (unpaired) electrons. The topological polar surface area (TPSA) is 77.5 Å². The summed E-state index contributed by atoms with van der Waals surface area (Å²) >= 11 is 0. The molecule has 0 saturated carbocycles. The summed E-state index contributed by atoms with van der Waals surface area (Å²) in [7, 11) is 0. The number of furan rings is 1. The molecular weight excluding hydrogens is 368 g/mol. The van der Waals surface area contributed by atoms with E-state index in [-0.39, 0.29) is 5.91 Å². The minimum Gasteiger partial charge on any atom is -0.494 e. The molecule has 0 fully saturated rings. The summed E-state index contributed by atoms with van der Waals surface area (Å²) in [5.74, 6) is 2.27. The van der Waals surface area contributed by atoms with Crippen molar-refractivity contribution in [3.05, 3.63) is 84.4 Å². The van der Waals surface area contributed by atoms with Crippen molar-refractivity contribution in [3.63, 3.8) is 0 Å². The molecule has 29 heavy (non-hydrogen) atoms. The quantitative estimate of drug-likeness (QED) is 0.486. The van der Waals surface area contributed by atoms with Gasteiger partial charge in [0, 0.05) is 11.1 Å². The van der Waals surface area contributed by atoms with Crippen molar-refractivity contribution in [2.45, 2.75) is 13.5 Å². The van der Waals surface area contributed by atoms with Crippen molar-refractivity contribution in [1.29, 1.82) is 0 Å². The van der Waals surface area contributed by atoms with Gasteiger partial charge in [0.15, 0.2) is 5.76 Å². The molecule has 2 aromatic heterocycles. The molecule has 2 heterocycles. The average Bonchev–Trinajstić information content (AvgIpc) is 3.45. The molecule has 146 valence electrons. The molecular formula is C23H20N2O4. The highest BCUT2D eigenvalue weighted by atomic mass is 16.5. The Balaban J connectivity index is 1.55. The van der Waals surface area contributed by atoms with Crippen molar-refractivity contribution >= 4 is 5.91 Å². The minimum atomic E-state index is -0.224. The fourth-order valence-corrected chi connectivity index (χ4v) is 2.96. The summed E-state index contributed by atoms with van der Waals surface area (Å²) < 4.78 is 16.7. The first-order valence-corrected chi connectivity index (χ1v) is 9.33. The van der Waals surface area contributed by atoms with E-state index in [4.69, 9.17) is 13.6 Å². The molecule has 6 nitrogen and oxygen atoms in total. The zero-order chi connectivity index (χ0) is 20.1. The summed E-state index contributed by atoms with van der Waals surface area (Å²) in [5.41, 5.74) is 1.99. The number of nitrogens with one attached hydrogen (secondary N) is 1. The molecule has 4 aromatic rings. The molecule has 1 N–H and O–H groups in total. The standard InChI is InChI=1S/C23H20N2O4/c1-2-27-17-11-9-16(10-12-17)21-15-25-23(29-21)20-8-4-3-7-19(20)22(26)24-14-18-6-5-13-28-18/h3-13,15H,2,14H2,1H3,(H,24,26). The lowest BCUT2D eigenvalue weighted by molar-refractivity contribution is 0.0948. The zero-order valence-corrected chi connectivity index (χ0v) is 15.9. The lowest BCUT2D eigenvalue weighted by atomic mass is 10.1. The summed E-state index contributed by atoms with van der Waals surface area (Å²) in [4.78, 5) is 17.1. The van der Waals surface area contributed by atoms with E-state index in [0.717, 1.165) is 11.3 Å². The van der Waals surface area contributed by atoms with E-state index < -0.39 is 0 Å². The number of carbonyl (C=O) groups excluding carboxylic acids is 1. The van der Waals surface area contributed by atoms with Gasteiger partial charge in [-0.25, -0.2) is 4.98 Å². The predicted molar refractivity (Wildman–Crippen MR) is 108 cm³/mol. The van der Waals surface area contributed by atoms with Crippen LogP contribution in [0.5, 0.6) is 5.75 Å². The van der Waals surface area contributed by atoms with Crippen molar-refractivity contribution < 1.29 is 18.4 Å². The van der Waals surface area contributed by atoms with E-state index in [1.807, 2.05) is 55.5 Å². The van der Waals surface area contributed by atoms with E-state index in [1.165, 1.54) is 0 Å². The van der Waals surface area contributed by atoms with Crippen molar-refractivity contribution in [2.24, 2.45) is 0 Å². The highest BCUT2D eigenvalue weighted by Crippen LogP contribution is 2.29. The normalized spacial score (nSPS) is 10.7. The number of oxazole rings is 1. The fraction of sp³-hybridized carbons (Fsp3) is 0.130. The van der Waals surface area contributed by atoms with Gasteiger partial charge in [-0.1, -0.05) is 12.1 Å². The third kappa shape index (κ3) is 4.21. The maximum absolute atomic E-state index is 12.7. The summed E-state index contributed by atoms with van der Waals surface area (Å²) in [6.07, 6.45) is 3.23. The van der Waals surface area contributed by atoms with Crippen LogP contribution in [0.25, 0.3) is 22.8 Å². The first kappa shape index (κ1) is 18.6. The Hall–Kier alpha value is -3.80. The molecule has 2 aromatic carbocycles. The van der Waals surface area contributed by atoms with Gasteiger partial charge in [0.25, 0.3) is 5.91 Å². The molecule has 0 aliphatic carbocycles. The number of amides is 1. The predicted octanol–water partition coefficient (Wildman–Crippen LogP) is 4.93. The van der Waals surface area contributed by atoms with Crippen molar-refractivity contribution in [2.75, 3.05) is 6.61 Å². The summed E-state index contributed by atoms with van der Waals surface area (Å²) in [5, 5.41) is 2.85. The fourth-order valence-electron chi connectivity index (χ4n) is 2.96. The second kappa shape index (κ2) is 8.48. The van der Waals surface area contributed by atoms with Crippen molar-refractivity contribution in [1.82, 2.24) is 10.3 Å². The molecule has 6 heteroatoms. The Morgan fingerprint density at radius 3 is 2.66 bits per heavy atom. The highest BCUT2D eigenvalue weighted by molar-refractivity contribution is 5.99. The third-order valence-corrected chi connectivity index (χ3v) is 4.36. The highest BCUT2D eigenvalue weighted by Gasteiger charge is 2.17. The Labute approximate surface area is 168 Å². The second-order valence-corrected chi connectivity index (χ2v) is 6.29. The van der Waals surface area contributed by atoms with Gasteiger partial charge in [-0.15, -0.1) is 0 Å². The van der Waals surface area contributed by atoms with Gasteiger partial charge in [0.1, 0.15) is 11.5 Å². The van der Waals surface area contributed by atoms with Gasteiger partial charge in [0.2, 0.25) is 5.89 Å². The van der Waals surface area contributed by atoms with Crippen molar-refractivity contribution in [3.8, 4) is 28.5 Å². The largest absolute Gasteiger partial charge is 0.494 e. The van der Waals surface area contributed by atoms with Crippen LogP contribution in [0.2, 0.25) is 0 Å². The van der Waals surface area contributed by atoms with Crippen LogP contribution in [0.15, 0.2) is 82.0 Å². The maximum Gasteiger partial charge on any atom is 0.252 e. The number of ether oxygens (including phenoxy) is 1. The monoisotopic (exact) mass is 388 g/mol. The van der Waals surface area contributed by atoms with E-state index in [9.17, 15) is 4.79 Å². The molecule has 1 amide bonds. The summed E-state index contributed by atoms with van der Waals surface area (Å²) in [6.45, 7) is 2.87. The molecule has 4 rings (SSSR count). The zero-order valence-electron chi connectivity index (χ0n) is 15.9. The van der Waals surface area contributed by atoms with E-state index in [0.29, 0.717) is 41.7 Å². The first-order chi connectivity index (χ1) is 14.2. The summed E-state index contributed by atoms with van der Waals surface area (Å²) in [6, 6.07) is 18.4. The average molecular weight is 388 g/mol. The number of benzene rings is 2. The molecule has 0 aliphatic heterocycles. The van der Waals surface area contributed by atoms with Crippen LogP contribution in [0.3, 0.4) is 0 Å². The van der Waals surface area contributed by atoms with Crippen LogP contribution >= 0.6 is 0 Å². The second-order valence-electron chi connectivity index (χ2n) is 6.29. The number of carbonyl (C=O) groups is 1. The van der Waals surface area contributed by atoms with Crippen LogP contribution in [0.1, 0.15) is 23.0 Å². The van der Waals surface area contributed by atoms with E-state index >= 15 is 0 Å². The minimum absolute atomic E-state index is 0.224. The van der Waals surface area contributed by atoms with Gasteiger partial charge in [-0.3, -0.25) is 4.79 Å². The SMILES string of the molecule is CCOc1ccc(-c2cnc(-c3ccccc3C(=O)NCc3ccco3)o2)cc1. The Morgan fingerprint density at radius 1 is 1.07 bits per heavy atom. The number of rotatable bonds is 7.